The van der Waals surface area contributed by atoms with Crippen LogP contribution < -0.4 is 5.32 Å². The van der Waals surface area contributed by atoms with Gasteiger partial charge in [0.15, 0.2) is 11.4 Å². The van der Waals surface area contributed by atoms with Gasteiger partial charge in [0.25, 0.3) is 0 Å². The Kier molecular flexibility index (Phi) is 6.89. The number of aromatic nitrogens is 1. The van der Waals surface area contributed by atoms with Crippen LogP contribution in [0.25, 0.3) is 82.5 Å². The quantitative estimate of drug-likeness (QED) is 0.192. The molecule has 0 saturated heterocycles. The van der Waals surface area contributed by atoms with E-state index in [1.165, 1.54) is 10.8 Å². The van der Waals surface area contributed by atoms with Gasteiger partial charge in [-0.3, -0.25) is 0 Å². The van der Waals surface area contributed by atoms with Gasteiger partial charge in [-0.2, -0.15) is 0 Å². The molecule has 6 heteroatoms. The lowest BCUT2D eigenvalue weighted by Crippen LogP contribution is -2.33. The molecular weight excluding hydrogens is 701 g/mol. The van der Waals surface area contributed by atoms with Gasteiger partial charge in [-0.05, 0) is 59.7 Å². The minimum absolute atomic E-state index is 0.374. The first-order valence-corrected chi connectivity index (χ1v) is 19.2. The second-order valence-corrected chi connectivity index (χ2v) is 14.6. The highest BCUT2D eigenvalue weighted by Crippen LogP contribution is 2.41. The van der Waals surface area contributed by atoms with E-state index in [9.17, 15) is 0 Å². The summed E-state index contributed by atoms with van der Waals surface area (Å²) in [6.07, 6.45) is -0.374. The van der Waals surface area contributed by atoms with Crippen molar-refractivity contribution in [2.24, 2.45) is 9.98 Å². The summed E-state index contributed by atoms with van der Waals surface area (Å²) in [5.41, 5.74) is 11.8. The Balaban J connectivity index is 0.961. The average Bonchev–Trinajstić information content (AvgIpc) is 3.96. The van der Waals surface area contributed by atoms with Crippen molar-refractivity contribution in [3.63, 3.8) is 0 Å². The molecule has 0 spiro atoms. The molecule has 268 valence electrons. The summed E-state index contributed by atoms with van der Waals surface area (Å²) in [5, 5.41) is 10.3. The third-order valence-corrected chi connectivity index (χ3v) is 11.3. The number of hydrogen-bond acceptors (Lipinski definition) is 5. The Morgan fingerprint density at radius 1 is 0.456 bits per heavy atom. The Labute approximate surface area is 326 Å². The van der Waals surface area contributed by atoms with Crippen molar-refractivity contribution in [2.75, 3.05) is 0 Å². The van der Waals surface area contributed by atoms with Gasteiger partial charge in [0.05, 0.1) is 16.7 Å². The van der Waals surface area contributed by atoms with Crippen molar-refractivity contribution in [3.8, 4) is 16.8 Å². The molecule has 0 saturated carbocycles. The maximum Gasteiger partial charge on any atom is 0.159 e. The first kappa shape index (κ1) is 31.6. The molecule has 0 aliphatic carbocycles. The van der Waals surface area contributed by atoms with Crippen LogP contribution in [-0.4, -0.2) is 16.2 Å². The van der Waals surface area contributed by atoms with Crippen LogP contribution >= 0.6 is 0 Å². The number of nitrogens with zero attached hydrogens (tertiary/aromatic N) is 3. The number of benzene rings is 8. The number of rotatable bonds is 5. The zero-order valence-corrected chi connectivity index (χ0v) is 30.6. The molecule has 0 bridgehead atoms. The molecule has 0 radical (unpaired) electrons. The second kappa shape index (κ2) is 12.4. The third-order valence-electron chi connectivity index (χ3n) is 11.3. The van der Waals surface area contributed by atoms with Crippen LogP contribution in [0.15, 0.2) is 201 Å². The lowest BCUT2D eigenvalue weighted by molar-refractivity contribution is 0.662. The molecule has 8 aromatic carbocycles. The van der Waals surface area contributed by atoms with Gasteiger partial charge >= 0.3 is 0 Å². The van der Waals surface area contributed by atoms with Gasteiger partial charge in [-0.1, -0.05) is 133 Å². The van der Waals surface area contributed by atoms with E-state index in [-0.39, 0.29) is 6.17 Å². The van der Waals surface area contributed by atoms with Crippen molar-refractivity contribution in [2.45, 2.75) is 6.17 Å². The van der Waals surface area contributed by atoms with Gasteiger partial charge in [-0.25, -0.2) is 9.98 Å². The molecule has 1 aliphatic rings. The van der Waals surface area contributed by atoms with E-state index in [4.69, 9.17) is 18.8 Å². The van der Waals surface area contributed by atoms with Crippen LogP contribution in [0.3, 0.4) is 0 Å². The lowest BCUT2D eigenvalue weighted by Gasteiger charge is -2.24. The van der Waals surface area contributed by atoms with Gasteiger partial charge in [0.2, 0.25) is 0 Å². The molecular formula is C51H32N4O2. The van der Waals surface area contributed by atoms with E-state index in [0.717, 1.165) is 94.3 Å². The van der Waals surface area contributed by atoms with E-state index < -0.39 is 0 Å². The predicted octanol–water partition coefficient (Wildman–Crippen LogP) is 12.7. The Hall–Kier alpha value is -7.70. The molecule has 1 unspecified atom stereocenters. The number of furan rings is 2. The van der Waals surface area contributed by atoms with Crippen molar-refractivity contribution < 1.29 is 8.83 Å². The molecule has 0 fully saturated rings. The number of hydrogen-bond donors (Lipinski definition) is 1. The molecule has 1 N–H and O–H groups in total. The third kappa shape index (κ3) is 4.97. The Bertz CT molecular complexity index is 3390. The first-order valence-electron chi connectivity index (χ1n) is 19.2. The fourth-order valence-corrected chi connectivity index (χ4v) is 8.65. The SMILES string of the molecule is c1ccc(C2=NC(c3cccc4oc5cc(-c6ccc7oc8c(-n9c%10ccccc%10c%10ccccc%109)cccc8c7c6)ccc5c34)NC(c3ccccc3)=N2)cc1. The Morgan fingerprint density at radius 2 is 1.12 bits per heavy atom. The van der Waals surface area contributed by atoms with Crippen LogP contribution in [0.4, 0.5) is 0 Å². The largest absolute Gasteiger partial charge is 0.456 e. The van der Waals surface area contributed by atoms with Gasteiger partial charge in [0.1, 0.15) is 28.8 Å². The van der Waals surface area contributed by atoms with Crippen molar-refractivity contribution in [1.29, 1.82) is 0 Å². The number of aliphatic imine (C=N–C) groups is 2. The molecule has 12 rings (SSSR count). The van der Waals surface area contributed by atoms with Gasteiger partial charge < -0.3 is 18.7 Å². The molecule has 11 aromatic rings. The fourth-order valence-electron chi connectivity index (χ4n) is 8.65. The zero-order valence-electron chi connectivity index (χ0n) is 30.6. The van der Waals surface area contributed by atoms with E-state index in [0.29, 0.717) is 5.84 Å². The van der Waals surface area contributed by atoms with Crippen LogP contribution in [-0.2, 0) is 0 Å². The average molecular weight is 733 g/mol. The van der Waals surface area contributed by atoms with E-state index in [1.807, 2.05) is 48.5 Å². The normalized spacial score (nSPS) is 14.5. The maximum absolute atomic E-state index is 6.68. The highest BCUT2D eigenvalue weighted by Gasteiger charge is 2.25. The lowest BCUT2D eigenvalue weighted by atomic mass is 9.99. The predicted molar refractivity (Wildman–Crippen MR) is 233 cm³/mol. The van der Waals surface area contributed by atoms with E-state index in [2.05, 4.69) is 143 Å². The summed E-state index contributed by atoms with van der Waals surface area (Å²) >= 11 is 0. The summed E-state index contributed by atoms with van der Waals surface area (Å²) in [5.74, 6) is 1.47. The minimum Gasteiger partial charge on any atom is -0.456 e. The highest BCUT2D eigenvalue weighted by atomic mass is 16.3. The molecule has 6 nitrogen and oxygen atoms in total. The Morgan fingerprint density at radius 3 is 1.91 bits per heavy atom. The van der Waals surface area contributed by atoms with Crippen molar-refractivity contribution in [3.05, 3.63) is 199 Å². The number of fused-ring (bicyclic) bond motifs is 9. The second-order valence-electron chi connectivity index (χ2n) is 14.6. The van der Waals surface area contributed by atoms with E-state index in [1.54, 1.807) is 0 Å². The fraction of sp³-hybridized carbons (Fsp3) is 0.0196. The summed E-state index contributed by atoms with van der Waals surface area (Å²) in [7, 11) is 0. The van der Waals surface area contributed by atoms with E-state index >= 15 is 0 Å². The van der Waals surface area contributed by atoms with Gasteiger partial charge in [0, 0.05) is 49.0 Å². The van der Waals surface area contributed by atoms with Crippen molar-refractivity contribution in [1.82, 2.24) is 9.88 Å². The van der Waals surface area contributed by atoms with Crippen LogP contribution in [0.1, 0.15) is 22.9 Å². The molecule has 4 heterocycles. The van der Waals surface area contributed by atoms with Gasteiger partial charge in [-0.15, -0.1) is 0 Å². The highest BCUT2D eigenvalue weighted by molar-refractivity contribution is 6.15. The summed E-state index contributed by atoms with van der Waals surface area (Å²) in [4.78, 5) is 10.1. The molecule has 1 atom stereocenters. The monoisotopic (exact) mass is 732 g/mol. The number of amidine groups is 2. The number of para-hydroxylation sites is 3. The first-order chi connectivity index (χ1) is 28.2. The minimum atomic E-state index is -0.374. The molecule has 57 heavy (non-hydrogen) atoms. The molecule has 1 aliphatic heterocycles. The smallest absolute Gasteiger partial charge is 0.159 e. The zero-order chi connectivity index (χ0) is 37.5. The number of nitrogens with one attached hydrogen (secondary N) is 1. The molecule has 3 aromatic heterocycles. The van der Waals surface area contributed by atoms with Crippen LogP contribution in [0, 0.1) is 0 Å². The molecule has 0 amide bonds. The summed E-state index contributed by atoms with van der Waals surface area (Å²) in [6.45, 7) is 0. The summed E-state index contributed by atoms with van der Waals surface area (Å²) in [6, 6.07) is 63.1. The topological polar surface area (TPSA) is 68.0 Å². The van der Waals surface area contributed by atoms with Crippen molar-refractivity contribution >= 4 is 77.4 Å². The maximum atomic E-state index is 6.68. The summed E-state index contributed by atoms with van der Waals surface area (Å²) < 4.78 is 15.6. The standard InChI is InChI=1S/C51H32N4O2/c1-3-13-31(14-4-1)49-52-50(32-15-5-2-6-16-32)54-51(53-49)39-20-12-24-45-47(39)38-27-25-34(30-46(38)56-45)33-26-28-44-40(29-33)37-19-11-23-43(48(37)57-44)55-41-21-9-7-17-35(41)36-18-8-10-22-42(36)55/h1-30,51H,(H,52,53,54). The van der Waals surface area contributed by atoms with Crippen LogP contribution in [0.5, 0.6) is 0 Å². The van der Waals surface area contributed by atoms with Crippen LogP contribution in [0.2, 0.25) is 0 Å².